The van der Waals surface area contributed by atoms with Crippen LogP contribution >= 0.6 is 0 Å². The predicted molar refractivity (Wildman–Crippen MR) is 73.0 cm³/mol. The van der Waals surface area contributed by atoms with Crippen molar-refractivity contribution in [2.24, 2.45) is 5.73 Å². The molecule has 1 aromatic heterocycles. The van der Waals surface area contributed by atoms with E-state index in [2.05, 4.69) is 25.9 Å². The molecule has 0 unspecified atom stereocenters. The number of hydrogen-bond donors (Lipinski definition) is 5. The minimum absolute atomic E-state index is 0.125. The molecule has 19 heavy (non-hydrogen) atoms. The van der Waals surface area contributed by atoms with Crippen molar-refractivity contribution in [2.45, 2.75) is 19.9 Å². The van der Waals surface area contributed by atoms with Crippen LogP contribution in [0, 0.1) is 5.41 Å². The van der Waals surface area contributed by atoms with E-state index in [1.54, 1.807) is 6.07 Å². The van der Waals surface area contributed by atoms with Crippen LogP contribution in [0.4, 0.5) is 5.95 Å². The second-order valence-electron chi connectivity index (χ2n) is 4.16. The Kier molecular flexibility index (Phi) is 5.52. The quantitative estimate of drug-likeness (QED) is 0.268. The molecule has 6 N–H and O–H groups in total. The number of nitrogens with one attached hydrogen (secondary N) is 4. The zero-order chi connectivity index (χ0) is 14.3. The molecule has 8 heteroatoms. The Morgan fingerprint density at radius 1 is 1.42 bits per heavy atom. The molecule has 0 aliphatic rings. The van der Waals surface area contributed by atoms with E-state index in [4.69, 9.17) is 11.1 Å². The average molecular weight is 265 g/mol. The molecule has 0 fully saturated rings. The molecule has 1 heterocycles. The Morgan fingerprint density at radius 2 is 2.11 bits per heavy atom. The molecule has 0 saturated heterocycles. The predicted octanol–water partition coefficient (Wildman–Crippen LogP) is -0.490. The third-order valence-corrected chi connectivity index (χ3v) is 2.03. The van der Waals surface area contributed by atoms with Crippen molar-refractivity contribution < 1.29 is 4.79 Å². The molecule has 104 valence electrons. The third kappa shape index (κ3) is 5.66. The van der Waals surface area contributed by atoms with Gasteiger partial charge in [0.05, 0.1) is 0 Å². The van der Waals surface area contributed by atoms with Gasteiger partial charge in [-0.3, -0.25) is 10.2 Å². The van der Waals surface area contributed by atoms with Gasteiger partial charge < -0.3 is 21.7 Å². The van der Waals surface area contributed by atoms with Crippen molar-refractivity contribution in [3.05, 3.63) is 18.0 Å². The summed E-state index contributed by atoms with van der Waals surface area (Å²) in [5, 5.41) is 15.2. The lowest BCUT2D eigenvalue weighted by Crippen LogP contribution is -2.37. The van der Waals surface area contributed by atoms with E-state index in [-0.39, 0.29) is 17.9 Å². The van der Waals surface area contributed by atoms with Gasteiger partial charge in [-0.1, -0.05) is 0 Å². The van der Waals surface area contributed by atoms with E-state index >= 15 is 0 Å². The van der Waals surface area contributed by atoms with Gasteiger partial charge in [-0.25, -0.2) is 9.97 Å². The SMILES string of the molecule is CC(C)Nc1nccc(C(=O)NCCNC(=N)N)n1. The zero-order valence-corrected chi connectivity index (χ0v) is 11.0. The molecule has 1 aromatic rings. The maximum absolute atomic E-state index is 11.8. The smallest absolute Gasteiger partial charge is 0.270 e. The number of aromatic nitrogens is 2. The van der Waals surface area contributed by atoms with Crippen molar-refractivity contribution in [1.82, 2.24) is 20.6 Å². The van der Waals surface area contributed by atoms with Crippen LogP contribution in [-0.4, -0.2) is 41.0 Å². The Bertz CT molecular complexity index is 446. The van der Waals surface area contributed by atoms with E-state index in [1.807, 2.05) is 13.8 Å². The summed E-state index contributed by atoms with van der Waals surface area (Å²) >= 11 is 0. The Labute approximate surface area is 111 Å². The molecule has 8 nitrogen and oxygen atoms in total. The van der Waals surface area contributed by atoms with Gasteiger partial charge in [-0.05, 0) is 19.9 Å². The summed E-state index contributed by atoms with van der Waals surface area (Å²) in [6.07, 6.45) is 1.53. The Hall–Kier alpha value is -2.38. The highest BCUT2D eigenvalue weighted by Crippen LogP contribution is 2.01. The maximum atomic E-state index is 11.8. The summed E-state index contributed by atoms with van der Waals surface area (Å²) in [6.45, 7) is 4.67. The highest BCUT2D eigenvalue weighted by Gasteiger charge is 2.08. The molecule has 0 aromatic carbocycles. The normalized spacial score (nSPS) is 10.1. The van der Waals surface area contributed by atoms with Crippen LogP contribution in [-0.2, 0) is 0 Å². The fraction of sp³-hybridized carbons (Fsp3) is 0.455. The number of anilines is 1. The number of nitrogens with two attached hydrogens (primary N) is 1. The summed E-state index contributed by atoms with van der Waals surface area (Å²) in [5.74, 6) is 0.00349. The number of amides is 1. The Balaban J connectivity index is 2.49. The van der Waals surface area contributed by atoms with Crippen molar-refractivity contribution in [3.8, 4) is 0 Å². The van der Waals surface area contributed by atoms with E-state index < -0.39 is 0 Å². The maximum Gasteiger partial charge on any atom is 0.270 e. The molecular formula is C11H19N7O. The fourth-order valence-corrected chi connectivity index (χ4v) is 1.28. The first kappa shape index (κ1) is 14.7. The lowest BCUT2D eigenvalue weighted by Gasteiger charge is -2.09. The molecule has 0 bridgehead atoms. The first-order valence-corrected chi connectivity index (χ1v) is 5.94. The van der Waals surface area contributed by atoms with Gasteiger partial charge >= 0.3 is 0 Å². The number of nitrogens with zero attached hydrogens (tertiary/aromatic N) is 2. The summed E-state index contributed by atoms with van der Waals surface area (Å²) in [6, 6.07) is 1.73. The Morgan fingerprint density at radius 3 is 2.74 bits per heavy atom. The fourth-order valence-electron chi connectivity index (χ4n) is 1.28. The molecule has 0 atom stereocenters. The molecule has 1 amide bonds. The molecule has 0 spiro atoms. The van der Waals surface area contributed by atoms with E-state index in [0.29, 0.717) is 24.7 Å². The minimum Gasteiger partial charge on any atom is -0.370 e. The molecular weight excluding hydrogens is 246 g/mol. The molecule has 0 radical (unpaired) electrons. The summed E-state index contributed by atoms with van der Waals surface area (Å²) < 4.78 is 0. The second kappa shape index (κ2) is 7.14. The summed E-state index contributed by atoms with van der Waals surface area (Å²) in [4.78, 5) is 19.9. The lowest BCUT2D eigenvalue weighted by molar-refractivity contribution is 0.0949. The van der Waals surface area contributed by atoms with Gasteiger partial charge in [0.1, 0.15) is 5.69 Å². The molecule has 0 aliphatic heterocycles. The van der Waals surface area contributed by atoms with Gasteiger partial charge in [0.15, 0.2) is 5.96 Å². The third-order valence-electron chi connectivity index (χ3n) is 2.03. The number of carbonyl (C=O) groups is 1. The number of hydrogen-bond acceptors (Lipinski definition) is 5. The van der Waals surface area contributed by atoms with Crippen molar-refractivity contribution in [1.29, 1.82) is 5.41 Å². The van der Waals surface area contributed by atoms with Crippen LogP contribution in [0.25, 0.3) is 0 Å². The van der Waals surface area contributed by atoms with Crippen molar-refractivity contribution >= 4 is 17.8 Å². The van der Waals surface area contributed by atoms with Crippen molar-refractivity contribution in [3.63, 3.8) is 0 Å². The van der Waals surface area contributed by atoms with Gasteiger partial charge in [-0.2, -0.15) is 0 Å². The van der Waals surface area contributed by atoms with Gasteiger partial charge in [0, 0.05) is 25.3 Å². The zero-order valence-electron chi connectivity index (χ0n) is 11.0. The first-order chi connectivity index (χ1) is 8.99. The largest absolute Gasteiger partial charge is 0.370 e. The molecule has 0 aliphatic carbocycles. The summed E-state index contributed by atoms with van der Waals surface area (Å²) in [7, 11) is 0. The van der Waals surface area contributed by atoms with Crippen LogP contribution < -0.4 is 21.7 Å². The molecule has 1 rings (SSSR count). The van der Waals surface area contributed by atoms with E-state index in [9.17, 15) is 4.79 Å². The highest BCUT2D eigenvalue weighted by molar-refractivity contribution is 5.92. The first-order valence-electron chi connectivity index (χ1n) is 5.94. The second-order valence-corrected chi connectivity index (χ2v) is 4.16. The number of rotatable bonds is 6. The highest BCUT2D eigenvalue weighted by atomic mass is 16.1. The van der Waals surface area contributed by atoms with Gasteiger partial charge in [0.25, 0.3) is 5.91 Å². The van der Waals surface area contributed by atoms with Crippen LogP contribution in [0.15, 0.2) is 12.3 Å². The number of carbonyl (C=O) groups excluding carboxylic acids is 1. The summed E-state index contributed by atoms with van der Waals surface area (Å²) in [5.41, 5.74) is 5.41. The molecule has 0 saturated carbocycles. The lowest BCUT2D eigenvalue weighted by atomic mass is 10.3. The van der Waals surface area contributed by atoms with E-state index in [0.717, 1.165) is 0 Å². The van der Waals surface area contributed by atoms with Gasteiger partial charge in [0.2, 0.25) is 5.95 Å². The van der Waals surface area contributed by atoms with Crippen LogP contribution in [0.1, 0.15) is 24.3 Å². The topological polar surface area (TPSA) is 129 Å². The monoisotopic (exact) mass is 265 g/mol. The van der Waals surface area contributed by atoms with Crippen LogP contribution in [0.5, 0.6) is 0 Å². The average Bonchev–Trinajstić information content (AvgIpc) is 2.33. The van der Waals surface area contributed by atoms with Crippen LogP contribution in [0.2, 0.25) is 0 Å². The minimum atomic E-state index is -0.292. The van der Waals surface area contributed by atoms with Crippen molar-refractivity contribution in [2.75, 3.05) is 18.4 Å². The number of guanidine groups is 1. The van der Waals surface area contributed by atoms with Crippen LogP contribution in [0.3, 0.4) is 0 Å². The standard InChI is InChI=1S/C11H19N7O/c1-7(2)17-11-16-4-3-8(18-11)9(19)14-5-6-15-10(12)13/h3-4,7H,5-6H2,1-2H3,(H,14,19)(H4,12,13,15)(H,16,17,18). The van der Waals surface area contributed by atoms with E-state index in [1.165, 1.54) is 6.20 Å². The van der Waals surface area contributed by atoms with Gasteiger partial charge in [-0.15, -0.1) is 0 Å².